The first-order valence-corrected chi connectivity index (χ1v) is 47.1. The third kappa shape index (κ3) is 18.2. The largest absolute Gasteiger partial charge is 0.486 e. The number of fused-ring (bicyclic) bond motifs is 4. The molecule has 0 aromatic heterocycles. The van der Waals surface area contributed by atoms with Gasteiger partial charge in [-0.25, -0.2) is 0 Å². The molecular weight excluding hydrogens is 1630 g/mol. The van der Waals surface area contributed by atoms with E-state index in [9.17, 15) is 0 Å². The van der Waals surface area contributed by atoms with E-state index in [1.807, 2.05) is 19.4 Å². The van der Waals surface area contributed by atoms with Crippen molar-refractivity contribution in [1.29, 1.82) is 0 Å². The zero-order chi connectivity index (χ0) is 69.5. The number of quaternary nitrogens is 1. The van der Waals surface area contributed by atoms with Crippen molar-refractivity contribution in [1.82, 2.24) is 0 Å². The number of benzene rings is 12. The van der Waals surface area contributed by atoms with Gasteiger partial charge in [0.15, 0.2) is 46.0 Å². The van der Waals surface area contributed by atoms with Crippen LogP contribution < -0.4 is 119 Å². The SMILES string of the molecule is C[NH2+]C.[Cl-].[Cl][Ru][Cl].[Cl][Ru][Cl].c1ccc(P(c2ccccc2)c2ccc3c(c2-c2c(P(c4ccccc4)c4ccccc4)ccc4c2OCCO4)OCCO3)cc1.c1ccc(P(c2ccccc2)c2ccc3c(c2-c2c(P(c4ccccc4)c4ccccc4)ccc4c2OCCO4)OCCO3)cc1. The third-order valence-corrected chi connectivity index (χ3v) is 26.3. The first-order valence-electron chi connectivity index (χ1n) is 32.7. The molecule has 9 nitrogen and oxygen atoms in total. The van der Waals surface area contributed by atoms with Gasteiger partial charge in [0.2, 0.25) is 0 Å². The molecule has 0 spiro atoms. The Labute approximate surface area is 640 Å². The molecule has 0 unspecified atom stereocenters. The predicted octanol–water partition coefficient (Wildman–Crippen LogP) is 11.4. The molecule has 2 N–H and O–H groups in total. The summed E-state index contributed by atoms with van der Waals surface area (Å²) in [6, 6.07) is 104. The van der Waals surface area contributed by atoms with Crippen molar-refractivity contribution in [2.24, 2.45) is 0 Å². The Morgan fingerprint density at radius 1 is 0.235 bits per heavy atom. The van der Waals surface area contributed by atoms with E-state index in [0.717, 1.165) is 68.2 Å². The van der Waals surface area contributed by atoms with Crippen LogP contribution >= 0.6 is 70.5 Å². The van der Waals surface area contributed by atoms with E-state index in [4.69, 9.17) is 76.7 Å². The number of nitrogens with two attached hydrogens (primary N) is 1. The molecule has 0 bridgehead atoms. The van der Waals surface area contributed by atoms with E-state index < -0.39 is 31.7 Å². The molecule has 102 heavy (non-hydrogen) atoms. The zero-order valence-corrected chi connectivity index (χ0v) is 66.4. The molecule has 0 radical (unpaired) electrons. The molecule has 4 heterocycles. The molecule has 12 aromatic rings. The second kappa shape index (κ2) is 39.5. The van der Waals surface area contributed by atoms with Crippen LogP contribution in [0.2, 0.25) is 0 Å². The van der Waals surface area contributed by atoms with Gasteiger partial charge in [0, 0.05) is 22.3 Å². The fourth-order valence-electron chi connectivity index (χ4n) is 12.5. The van der Waals surface area contributed by atoms with Gasteiger partial charge in [0.05, 0.1) is 14.1 Å². The number of halogens is 5. The Morgan fingerprint density at radius 3 is 0.520 bits per heavy atom. The Kier molecular flexibility index (Phi) is 29.6. The van der Waals surface area contributed by atoms with Crippen molar-refractivity contribution < 1.29 is 85.9 Å². The van der Waals surface area contributed by atoms with Crippen molar-refractivity contribution >= 4 is 134 Å². The minimum atomic E-state index is -0.984. The van der Waals surface area contributed by atoms with Crippen molar-refractivity contribution in [3.8, 4) is 68.2 Å². The summed E-state index contributed by atoms with van der Waals surface area (Å²) in [5.74, 6) is 6.09. The topological polar surface area (TPSA) is 90.5 Å². The minimum absolute atomic E-state index is 0. The third-order valence-electron chi connectivity index (χ3n) is 16.3. The van der Waals surface area contributed by atoms with Crippen molar-refractivity contribution in [2.45, 2.75) is 0 Å². The van der Waals surface area contributed by atoms with Gasteiger partial charge >= 0.3 is 69.1 Å². The maximum absolute atomic E-state index is 6.60. The van der Waals surface area contributed by atoms with Crippen LogP contribution in [0.25, 0.3) is 22.3 Å². The molecular formula is C82H72Cl5NO8P4Ru2. The summed E-state index contributed by atoms with van der Waals surface area (Å²) in [6.45, 7) is 3.96. The van der Waals surface area contributed by atoms with Crippen LogP contribution in [0, 0.1) is 0 Å². The van der Waals surface area contributed by atoms with Gasteiger partial charge in [0.1, 0.15) is 52.9 Å². The summed E-state index contributed by atoms with van der Waals surface area (Å²) >= 11 is -0.691. The summed E-state index contributed by atoms with van der Waals surface area (Å²) in [6.07, 6.45) is 0. The van der Waals surface area contributed by atoms with Crippen molar-refractivity contribution in [3.63, 3.8) is 0 Å². The Bertz CT molecular complexity index is 3850. The van der Waals surface area contributed by atoms with Crippen LogP contribution in [0.4, 0.5) is 0 Å². The van der Waals surface area contributed by atoms with Gasteiger partial charge in [-0.2, -0.15) is 0 Å². The van der Waals surface area contributed by atoms with Crippen LogP contribution in [-0.2, 0) is 30.3 Å². The normalized spacial score (nSPS) is 12.8. The monoisotopic (exact) mass is 1700 g/mol. The van der Waals surface area contributed by atoms with Gasteiger partial charge in [-0.3, -0.25) is 0 Å². The quantitative estimate of drug-likeness (QED) is 0.0851. The summed E-state index contributed by atoms with van der Waals surface area (Å²) in [5, 5.41) is 16.9. The van der Waals surface area contributed by atoms with Crippen LogP contribution in [0.5, 0.6) is 46.0 Å². The number of hydrogen-bond acceptors (Lipinski definition) is 8. The Morgan fingerprint density at radius 2 is 0.373 bits per heavy atom. The molecule has 4 aliphatic rings. The minimum Gasteiger partial charge on any atom is -0.486 e. The van der Waals surface area contributed by atoms with Gasteiger partial charge in [-0.05, 0) is 144 Å². The summed E-state index contributed by atoms with van der Waals surface area (Å²) < 4.78 is 51.5. The maximum Gasteiger partial charge on any atom is 0.169 e. The second-order valence-electron chi connectivity index (χ2n) is 22.6. The zero-order valence-electron chi connectivity index (χ0n) is 55.6. The van der Waals surface area contributed by atoms with Crippen LogP contribution in [0.1, 0.15) is 0 Å². The average Bonchev–Trinajstić information content (AvgIpc) is 0.738. The number of rotatable bonds is 14. The fourth-order valence-corrected chi connectivity index (χ4v) is 22.3. The maximum atomic E-state index is 6.60. The van der Waals surface area contributed by atoms with E-state index in [-0.39, 0.29) is 42.7 Å². The Balaban J connectivity index is 0.000000182. The van der Waals surface area contributed by atoms with Crippen molar-refractivity contribution in [3.05, 3.63) is 291 Å². The number of hydrogen-bond donors (Lipinski definition) is 1. The molecule has 4 aliphatic heterocycles. The first kappa shape index (κ1) is 76.5. The van der Waals surface area contributed by atoms with Gasteiger partial charge in [-0.15, -0.1) is 0 Å². The summed E-state index contributed by atoms with van der Waals surface area (Å²) in [4.78, 5) is 0. The molecule has 0 atom stereocenters. The Hall–Kier alpha value is -6.58. The molecule has 0 saturated carbocycles. The second-order valence-corrected chi connectivity index (χ2v) is 36.7. The molecule has 524 valence electrons. The molecule has 0 aliphatic carbocycles. The van der Waals surface area contributed by atoms with E-state index in [2.05, 4.69) is 291 Å². The van der Waals surface area contributed by atoms with Gasteiger partial charge in [-0.1, -0.05) is 243 Å². The standard InChI is InChI=1S/2C40H32O4P2.C2H7N.5ClH.2Ru/c2*1-5-13-29(14-6-1)45(30-15-7-2-8-16-30)35-23-21-33-39(43-27-25-41-33)37(35)38-36(24-22-34-40(38)44-28-26-42-34)46(31-17-9-3-10-18-31)32-19-11-4-12-20-32;1-3-2;;;;;;;/h2*1-24H,25-28H2;3H,1-2H3;5*1H;;/q;;;;;;;;2*+2/p-4. The summed E-state index contributed by atoms with van der Waals surface area (Å²) in [5.41, 5.74) is 4.08. The van der Waals surface area contributed by atoms with E-state index in [1.54, 1.807) is 0 Å². The fraction of sp³-hybridized carbons (Fsp3) is 0.122. The van der Waals surface area contributed by atoms with Gasteiger partial charge < -0.3 is 55.6 Å². The van der Waals surface area contributed by atoms with Crippen LogP contribution in [-0.4, -0.2) is 67.0 Å². The predicted molar refractivity (Wildman–Crippen MR) is 420 cm³/mol. The van der Waals surface area contributed by atoms with E-state index in [1.165, 1.54) is 63.7 Å². The first-order chi connectivity index (χ1) is 50.0. The molecule has 0 saturated heterocycles. The molecule has 16 rings (SSSR count). The molecule has 0 fully saturated rings. The van der Waals surface area contributed by atoms with E-state index >= 15 is 0 Å². The summed E-state index contributed by atoms with van der Waals surface area (Å²) in [7, 11) is 19.5. The molecule has 0 amide bonds. The average molecular weight is 1700 g/mol. The van der Waals surface area contributed by atoms with Gasteiger partial charge in [0.25, 0.3) is 0 Å². The smallest absolute Gasteiger partial charge is 0.169 e. The van der Waals surface area contributed by atoms with Crippen molar-refractivity contribution in [2.75, 3.05) is 67.0 Å². The van der Waals surface area contributed by atoms with E-state index in [0.29, 0.717) is 52.9 Å². The molecule has 12 aromatic carbocycles. The van der Waals surface area contributed by atoms with Crippen LogP contribution in [0.15, 0.2) is 291 Å². The van der Waals surface area contributed by atoms with Crippen LogP contribution in [0.3, 0.4) is 0 Å². The molecule has 20 heteroatoms. The number of ether oxygens (including phenoxy) is 8.